The molecular formula is C10H14N2O. The van der Waals surface area contributed by atoms with Crippen molar-refractivity contribution in [2.45, 2.75) is 38.0 Å². The summed E-state index contributed by atoms with van der Waals surface area (Å²) in [4.78, 5) is 4.37. The van der Waals surface area contributed by atoms with Crippen molar-refractivity contribution in [2.75, 3.05) is 0 Å². The van der Waals surface area contributed by atoms with Crippen LogP contribution in [0.2, 0.25) is 0 Å². The van der Waals surface area contributed by atoms with Crippen LogP contribution in [-0.4, -0.2) is 10.1 Å². The van der Waals surface area contributed by atoms with E-state index in [-0.39, 0.29) is 11.3 Å². The minimum atomic E-state index is 0.173. The zero-order valence-electron chi connectivity index (χ0n) is 8.08. The van der Waals surface area contributed by atoms with Gasteiger partial charge >= 0.3 is 0 Å². The Morgan fingerprint density at radius 2 is 2.31 bits per heavy atom. The van der Waals surface area contributed by atoms with Crippen molar-refractivity contribution < 1.29 is 4.52 Å². The summed E-state index contributed by atoms with van der Waals surface area (Å²) in [5, 5.41) is 3.94. The van der Waals surface area contributed by atoms with Gasteiger partial charge in [0.25, 0.3) is 0 Å². The maximum atomic E-state index is 5.21. The highest BCUT2D eigenvalue weighted by atomic mass is 16.5. The summed E-state index contributed by atoms with van der Waals surface area (Å²) < 4.78 is 5.21. The highest BCUT2D eigenvalue weighted by Gasteiger charge is 2.44. The van der Waals surface area contributed by atoms with Gasteiger partial charge in [0.15, 0.2) is 5.82 Å². The van der Waals surface area contributed by atoms with E-state index in [0.29, 0.717) is 0 Å². The molecule has 1 fully saturated rings. The van der Waals surface area contributed by atoms with Gasteiger partial charge in [-0.2, -0.15) is 4.98 Å². The summed E-state index contributed by atoms with van der Waals surface area (Å²) in [6.45, 7) is 7.87. The minimum Gasteiger partial charge on any atom is -0.339 e. The first-order valence-electron chi connectivity index (χ1n) is 4.62. The predicted octanol–water partition coefficient (Wildman–Crippen LogP) is 2.41. The number of nitrogens with zero attached hydrogens (tertiary/aromatic N) is 2. The Morgan fingerprint density at radius 1 is 1.62 bits per heavy atom. The van der Waals surface area contributed by atoms with E-state index in [4.69, 9.17) is 4.52 Å². The van der Waals surface area contributed by atoms with Gasteiger partial charge in [0.2, 0.25) is 5.89 Å². The molecule has 0 bridgehead atoms. The fourth-order valence-electron chi connectivity index (χ4n) is 1.17. The molecule has 1 aromatic heterocycles. The van der Waals surface area contributed by atoms with Gasteiger partial charge in [0, 0.05) is 11.3 Å². The zero-order valence-corrected chi connectivity index (χ0v) is 8.08. The van der Waals surface area contributed by atoms with Crippen molar-refractivity contribution in [1.29, 1.82) is 0 Å². The van der Waals surface area contributed by atoms with E-state index < -0.39 is 0 Å². The lowest BCUT2D eigenvalue weighted by atomic mass is 10.1. The molecule has 1 heterocycles. The van der Waals surface area contributed by atoms with Crippen LogP contribution in [-0.2, 0) is 5.41 Å². The summed E-state index contributed by atoms with van der Waals surface area (Å²) in [6, 6.07) is 0. The third-order valence-corrected chi connectivity index (χ3v) is 2.72. The molecule has 13 heavy (non-hydrogen) atoms. The number of hydrogen-bond donors (Lipinski definition) is 0. The van der Waals surface area contributed by atoms with Crippen LogP contribution < -0.4 is 0 Å². The maximum Gasteiger partial charge on any atom is 0.232 e. The summed E-state index contributed by atoms with van der Waals surface area (Å²) in [6.07, 6.45) is 4.15. The van der Waals surface area contributed by atoms with Gasteiger partial charge in [-0.1, -0.05) is 25.1 Å². The molecule has 2 rings (SSSR count). The van der Waals surface area contributed by atoms with Gasteiger partial charge in [0.1, 0.15) is 0 Å². The van der Waals surface area contributed by atoms with Gasteiger partial charge < -0.3 is 4.52 Å². The fourth-order valence-corrected chi connectivity index (χ4v) is 1.17. The number of hydrogen-bond acceptors (Lipinski definition) is 3. The highest BCUT2D eigenvalue weighted by molar-refractivity contribution is 5.14. The Hall–Kier alpha value is -1.12. The lowest BCUT2D eigenvalue weighted by Gasteiger charge is -1.98. The Balaban J connectivity index is 2.23. The standard InChI is InChI=1S/C10H14N2O/c1-4-7(2)8-11-9(13-12-8)10(3)5-6-10/h4,7H,1,5-6H2,2-3H3. The zero-order chi connectivity index (χ0) is 9.47. The van der Waals surface area contributed by atoms with E-state index >= 15 is 0 Å². The topological polar surface area (TPSA) is 38.9 Å². The molecule has 1 unspecified atom stereocenters. The predicted molar refractivity (Wildman–Crippen MR) is 49.5 cm³/mol. The van der Waals surface area contributed by atoms with Crippen molar-refractivity contribution in [3.8, 4) is 0 Å². The molecule has 0 spiro atoms. The minimum absolute atomic E-state index is 0.173. The normalized spacial score (nSPS) is 21.1. The average Bonchev–Trinajstić information content (AvgIpc) is 2.72. The molecule has 0 aliphatic heterocycles. The van der Waals surface area contributed by atoms with Crippen LogP contribution in [0.3, 0.4) is 0 Å². The van der Waals surface area contributed by atoms with Crippen molar-refractivity contribution in [1.82, 2.24) is 10.1 Å². The van der Waals surface area contributed by atoms with E-state index in [9.17, 15) is 0 Å². The molecule has 3 heteroatoms. The molecule has 0 N–H and O–H groups in total. The Bertz CT molecular complexity index is 325. The van der Waals surface area contributed by atoms with Crippen LogP contribution >= 0.6 is 0 Å². The number of rotatable bonds is 3. The van der Waals surface area contributed by atoms with Gasteiger partial charge in [0.05, 0.1) is 0 Å². The second kappa shape index (κ2) is 2.69. The van der Waals surface area contributed by atoms with Gasteiger partial charge in [-0.3, -0.25) is 0 Å². The summed E-state index contributed by atoms with van der Waals surface area (Å²) in [5.74, 6) is 1.72. The van der Waals surface area contributed by atoms with Crippen LogP contribution in [0.25, 0.3) is 0 Å². The lowest BCUT2D eigenvalue weighted by Crippen LogP contribution is -2.00. The molecule has 1 aliphatic carbocycles. The summed E-state index contributed by atoms with van der Waals surface area (Å²) in [7, 11) is 0. The molecule has 70 valence electrons. The first-order valence-corrected chi connectivity index (χ1v) is 4.62. The smallest absolute Gasteiger partial charge is 0.232 e. The molecule has 0 radical (unpaired) electrons. The van der Waals surface area contributed by atoms with Crippen molar-refractivity contribution >= 4 is 0 Å². The summed E-state index contributed by atoms with van der Waals surface area (Å²) >= 11 is 0. The molecule has 0 aromatic carbocycles. The molecular weight excluding hydrogens is 164 g/mol. The van der Waals surface area contributed by atoms with Crippen LogP contribution in [0.15, 0.2) is 17.2 Å². The highest BCUT2D eigenvalue weighted by Crippen LogP contribution is 2.46. The molecule has 1 saturated carbocycles. The SMILES string of the molecule is C=CC(C)c1noc(C2(C)CC2)n1. The van der Waals surface area contributed by atoms with E-state index in [1.807, 2.05) is 13.0 Å². The Morgan fingerprint density at radius 3 is 2.85 bits per heavy atom. The van der Waals surface area contributed by atoms with Crippen molar-refractivity contribution in [3.05, 3.63) is 24.4 Å². The van der Waals surface area contributed by atoms with Gasteiger partial charge in [-0.15, -0.1) is 6.58 Å². The maximum absolute atomic E-state index is 5.21. The van der Waals surface area contributed by atoms with Crippen LogP contribution in [0.4, 0.5) is 0 Å². The van der Waals surface area contributed by atoms with E-state index in [0.717, 1.165) is 24.6 Å². The average molecular weight is 178 g/mol. The first-order chi connectivity index (χ1) is 6.15. The molecule has 0 amide bonds. The third-order valence-electron chi connectivity index (χ3n) is 2.72. The van der Waals surface area contributed by atoms with Crippen LogP contribution in [0.1, 0.15) is 44.3 Å². The second-order valence-electron chi connectivity index (χ2n) is 4.04. The second-order valence-corrected chi connectivity index (χ2v) is 4.04. The van der Waals surface area contributed by atoms with Crippen molar-refractivity contribution in [3.63, 3.8) is 0 Å². The molecule has 0 saturated heterocycles. The van der Waals surface area contributed by atoms with Gasteiger partial charge in [-0.05, 0) is 12.8 Å². The van der Waals surface area contributed by atoms with E-state index in [2.05, 4.69) is 23.6 Å². The third kappa shape index (κ3) is 1.39. The Labute approximate surface area is 77.8 Å². The lowest BCUT2D eigenvalue weighted by molar-refractivity contribution is 0.348. The van der Waals surface area contributed by atoms with Crippen LogP contribution in [0, 0.1) is 0 Å². The van der Waals surface area contributed by atoms with Gasteiger partial charge in [-0.25, -0.2) is 0 Å². The first kappa shape index (κ1) is 8.48. The molecule has 1 aliphatic rings. The number of aromatic nitrogens is 2. The van der Waals surface area contributed by atoms with Crippen LogP contribution in [0.5, 0.6) is 0 Å². The molecule has 1 aromatic rings. The summed E-state index contributed by atoms with van der Waals surface area (Å²) in [5.41, 5.74) is 0.173. The van der Waals surface area contributed by atoms with E-state index in [1.165, 1.54) is 0 Å². The largest absolute Gasteiger partial charge is 0.339 e. The quantitative estimate of drug-likeness (QED) is 0.667. The van der Waals surface area contributed by atoms with E-state index in [1.54, 1.807) is 0 Å². The molecule has 1 atom stereocenters. The number of allylic oxidation sites excluding steroid dienone is 1. The van der Waals surface area contributed by atoms with Crippen molar-refractivity contribution in [2.24, 2.45) is 0 Å². The Kier molecular flexibility index (Phi) is 1.75. The fraction of sp³-hybridized carbons (Fsp3) is 0.600. The monoisotopic (exact) mass is 178 g/mol. The molecule has 3 nitrogen and oxygen atoms in total.